The third kappa shape index (κ3) is 3.47. The van der Waals surface area contributed by atoms with Crippen LogP contribution in [0.1, 0.15) is 30.6 Å². The molecule has 9 nitrogen and oxygen atoms in total. The fraction of sp³-hybridized carbons (Fsp3) is 0.353. The molecule has 2 atom stereocenters. The van der Waals surface area contributed by atoms with Gasteiger partial charge in [0.2, 0.25) is 12.1 Å². The highest BCUT2D eigenvalue weighted by Gasteiger charge is 2.49. The van der Waals surface area contributed by atoms with Gasteiger partial charge in [0.15, 0.2) is 0 Å². The van der Waals surface area contributed by atoms with Crippen LogP contribution in [-0.2, 0) is 14.3 Å². The van der Waals surface area contributed by atoms with Crippen LogP contribution in [0.25, 0.3) is 0 Å². The van der Waals surface area contributed by atoms with Crippen molar-refractivity contribution in [3.8, 4) is 0 Å². The summed E-state index contributed by atoms with van der Waals surface area (Å²) in [5.74, 6) is -3.15. The molecule has 1 aromatic rings. The zero-order chi connectivity index (χ0) is 19.6. The Hall–Kier alpha value is -3.07. The maximum Gasteiger partial charge on any atom is 0.364 e. The number of rotatable bonds is 6. The van der Waals surface area contributed by atoms with Crippen LogP contribution in [0.2, 0.25) is 0 Å². The lowest BCUT2D eigenvalue weighted by Crippen LogP contribution is -2.64. The SMILES string of the molecule is C=CC(C)(C)C1CC(=O)N1C(O)C(=O)OC(=O)c1ccccc1[N+](=O)[O-]. The highest BCUT2D eigenvalue weighted by molar-refractivity contribution is 6.01. The molecular formula is C17H18N2O7. The number of carbonyl (C=O) groups is 3. The third-order valence-electron chi connectivity index (χ3n) is 4.36. The molecule has 2 unspecified atom stereocenters. The van der Waals surface area contributed by atoms with Crippen LogP contribution in [0, 0.1) is 15.5 Å². The Kier molecular flexibility index (Phi) is 5.22. The number of nitro benzene ring substituents is 1. The number of aliphatic hydroxyl groups excluding tert-OH is 1. The zero-order valence-corrected chi connectivity index (χ0v) is 14.2. The molecule has 9 heteroatoms. The van der Waals surface area contributed by atoms with E-state index in [0.717, 1.165) is 17.0 Å². The Morgan fingerprint density at radius 3 is 2.62 bits per heavy atom. The molecule has 1 heterocycles. The molecule has 0 spiro atoms. The highest BCUT2D eigenvalue weighted by atomic mass is 16.6. The second-order valence-corrected chi connectivity index (χ2v) is 6.40. The Morgan fingerprint density at radius 2 is 2.08 bits per heavy atom. The minimum absolute atomic E-state index is 0.113. The fourth-order valence-corrected chi connectivity index (χ4v) is 2.61. The molecule has 0 aliphatic carbocycles. The summed E-state index contributed by atoms with van der Waals surface area (Å²) in [6.45, 7) is 7.22. The highest BCUT2D eigenvalue weighted by Crippen LogP contribution is 2.37. The summed E-state index contributed by atoms with van der Waals surface area (Å²) >= 11 is 0. The number of para-hydroxylation sites is 1. The van der Waals surface area contributed by atoms with Crippen LogP contribution < -0.4 is 0 Å². The van der Waals surface area contributed by atoms with E-state index in [-0.39, 0.29) is 6.42 Å². The van der Waals surface area contributed by atoms with Crippen LogP contribution in [0.5, 0.6) is 0 Å². The van der Waals surface area contributed by atoms with Crippen LogP contribution in [0.4, 0.5) is 5.69 Å². The van der Waals surface area contributed by atoms with E-state index in [9.17, 15) is 29.6 Å². The number of carbonyl (C=O) groups excluding carboxylic acids is 3. The molecule has 1 aliphatic heterocycles. The van der Waals surface area contributed by atoms with Crippen molar-refractivity contribution in [1.82, 2.24) is 4.90 Å². The van der Waals surface area contributed by atoms with Crippen molar-refractivity contribution < 1.29 is 29.2 Å². The van der Waals surface area contributed by atoms with Crippen LogP contribution >= 0.6 is 0 Å². The maximum atomic E-state index is 12.1. The summed E-state index contributed by atoms with van der Waals surface area (Å²) < 4.78 is 4.54. The molecule has 1 N–H and O–H groups in total. The molecule has 0 bridgehead atoms. The standard InChI is InChI=1S/C17H18N2O7/c1-4-17(2,3)12-9-13(20)18(12)14(21)16(23)26-15(22)10-7-5-6-8-11(10)19(24)25/h4-8,12,14,21H,1,9H2,2-3H3. The minimum Gasteiger partial charge on any atom is -0.386 e. The number of esters is 2. The molecular weight excluding hydrogens is 344 g/mol. The van der Waals surface area contributed by atoms with E-state index in [1.807, 2.05) is 0 Å². The maximum absolute atomic E-state index is 12.1. The predicted molar refractivity (Wildman–Crippen MR) is 88.8 cm³/mol. The van der Waals surface area contributed by atoms with Crippen molar-refractivity contribution in [3.63, 3.8) is 0 Å². The molecule has 138 valence electrons. The largest absolute Gasteiger partial charge is 0.386 e. The summed E-state index contributed by atoms with van der Waals surface area (Å²) in [4.78, 5) is 47.0. The van der Waals surface area contributed by atoms with Crippen molar-refractivity contribution in [3.05, 3.63) is 52.6 Å². The van der Waals surface area contributed by atoms with E-state index < -0.39 is 51.7 Å². The Bertz CT molecular complexity index is 787. The van der Waals surface area contributed by atoms with Gasteiger partial charge in [-0.05, 0) is 6.07 Å². The van der Waals surface area contributed by atoms with Gasteiger partial charge in [0.25, 0.3) is 5.69 Å². The number of hydrogen-bond donors (Lipinski definition) is 1. The first kappa shape index (κ1) is 19.3. The van der Waals surface area contributed by atoms with E-state index >= 15 is 0 Å². The van der Waals surface area contributed by atoms with E-state index in [1.54, 1.807) is 19.9 Å². The summed E-state index contributed by atoms with van der Waals surface area (Å²) in [5, 5.41) is 21.1. The van der Waals surface area contributed by atoms with Crippen molar-refractivity contribution in [2.45, 2.75) is 32.5 Å². The van der Waals surface area contributed by atoms with Crippen molar-refractivity contribution in [2.75, 3.05) is 0 Å². The molecule has 26 heavy (non-hydrogen) atoms. The van der Waals surface area contributed by atoms with E-state index in [0.29, 0.717) is 0 Å². The number of hydrogen-bond acceptors (Lipinski definition) is 7. The van der Waals surface area contributed by atoms with Gasteiger partial charge in [-0.3, -0.25) is 14.9 Å². The van der Waals surface area contributed by atoms with E-state index in [1.165, 1.54) is 12.1 Å². The summed E-state index contributed by atoms with van der Waals surface area (Å²) in [6.07, 6.45) is -0.290. The monoisotopic (exact) mass is 362 g/mol. The lowest BCUT2D eigenvalue weighted by atomic mass is 9.77. The number of nitro groups is 1. The van der Waals surface area contributed by atoms with Gasteiger partial charge in [-0.25, -0.2) is 9.59 Å². The second-order valence-electron chi connectivity index (χ2n) is 6.40. The number of ether oxygens (including phenoxy) is 1. The van der Waals surface area contributed by atoms with Gasteiger partial charge < -0.3 is 14.7 Å². The Balaban J connectivity index is 2.15. The Morgan fingerprint density at radius 1 is 1.46 bits per heavy atom. The minimum atomic E-state index is -1.99. The lowest BCUT2D eigenvalue weighted by molar-refractivity contribution is -0.385. The second kappa shape index (κ2) is 7.04. The molecule has 1 aromatic carbocycles. The number of benzene rings is 1. The van der Waals surface area contributed by atoms with Gasteiger partial charge in [-0.15, -0.1) is 6.58 Å². The number of β-lactam (4-membered cyclic amide) rings is 1. The normalized spacial score (nSPS) is 17.9. The molecule has 0 aromatic heterocycles. The van der Waals surface area contributed by atoms with Gasteiger partial charge in [-0.1, -0.05) is 32.1 Å². The third-order valence-corrected chi connectivity index (χ3v) is 4.36. The lowest BCUT2D eigenvalue weighted by Gasteiger charge is -2.49. The first-order valence-corrected chi connectivity index (χ1v) is 7.72. The predicted octanol–water partition coefficient (Wildman–Crippen LogP) is 1.41. The van der Waals surface area contributed by atoms with Gasteiger partial charge in [0, 0.05) is 17.9 Å². The molecule has 1 aliphatic rings. The van der Waals surface area contributed by atoms with Crippen LogP contribution in [-0.4, -0.2) is 45.0 Å². The molecule has 1 saturated heterocycles. The molecule has 2 rings (SSSR count). The van der Waals surface area contributed by atoms with Crippen molar-refractivity contribution in [2.24, 2.45) is 5.41 Å². The number of aliphatic hydroxyl groups is 1. The van der Waals surface area contributed by atoms with Crippen molar-refractivity contribution >= 4 is 23.5 Å². The number of nitrogens with zero attached hydrogens (tertiary/aromatic N) is 2. The first-order valence-electron chi connectivity index (χ1n) is 7.72. The number of likely N-dealkylation sites (tertiary alicyclic amines) is 1. The van der Waals surface area contributed by atoms with Gasteiger partial charge in [0.05, 0.1) is 11.0 Å². The van der Waals surface area contributed by atoms with Gasteiger partial charge in [0.1, 0.15) is 5.56 Å². The summed E-state index contributed by atoms with van der Waals surface area (Å²) in [7, 11) is 0. The molecule has 0 saturated carbocycles. The molecule has 0 radical (unpaired) electrons. The Labute approximate surface area is 149 Å². The van der Waals surface area contributed by atoms with Crippen molar-refractivity contribution in [1.29, 1.82) is 0 Å². The van der Waals surface area contributed by atoms with Gasteiger partial charge >= 0.3 is 11.9 Å². The summed E-state index contributed by atoms with van der Waals surface area (Å²) in [5.41, 5.74) is -1.54. The van der Waals surface area contributed by atoms with Crippen LogP contribution in [0.3, 0.4) is 0 Å². The van der Waals surface area contributed by atoms with E-state index in [4.69, 9.17) is 0 Å². The van der Waals surface area contributed by atoms with E-state index in [2.05, 4.69) is 11.3 Å². The quantitative estimate of drug-likeness (QED) is 0.202. The smallest absolute Gasteiger partial charge is 0.364 e. The van der Waals surface area contributed by atoms with Crippen LogP contribution in [0.15, 0.2) is 36.9 Å². The number of amides is 1. The molecule has 1 fully saturated rings. The topological polar surface area (TPSA) is 127 Å². The van der Waals surface area contributed by atoms with Gasteiger partial charge in [-0.2, -0.15) is 0 Å². The average molecular weight is 362 g/mol. The first-order chi connectivity index (χ1) is 12.1. The summed E-state index contributed by atoms with van der Waals surface area (Å²) in [6, 6.07) is 4.44. The zero-order valence-electron chi connectivity index (χ0n) is 14.2. The average Bonchev–Trinajstić information content (AvgIpc) is 2.59. The fourth-order valence-electron chi connectivity index (χ4n) is 2.61. The molecule has 1 amide bonds.